The summed E-state index contributed by atoms with van der Waals surface area (Å²) in [6, 6.07) is 11.9. The number of hydrogen-bond acceptors (Lipinski definition) is 2. The minimum Gasteiger partial charge on any atom is -0.386 e. The molecular weight excluding hydrogens is 277 g/mol. The van der Waals surface area contributed by atoms with E-state index in [2.05, 4.69) is 11.4 Å². The number of aliphatic hydroxyl groups excluding tert-OH is 1. The van der Waals surface area contributed by atoms with Crippen LogP contribution < -0.4 is 5.32 Å². The lowest BCUT2D eigenvalue weighted by molar-refractivity contribution is 0.125. The topological polar surface area (TPSA) is 32.3 Å². The van der Waals surface area contributed by atoms with Gasteiger partial charge >= 0.3 is 0 Å². The Labute approximate surface area is 122 Å². The van der Waals surface area contributed by atoms with Crippen molar-refractivity contribution in [1.29, 1.82) is 0 Å². The van der Waals surface area contributed by atoms with E-state index in [1.165, 1.54) is 17.7 Å². The predicted octanol–water partition coefficient (Wildman–Crippen LogP) is 3.40. The van der Waals surface area contributed by atoms with Crippen molar-refractivity contribution in [1.82, 2.24) is 5.32 Å². The lowest BCUT2D eigenvalue weighted by Crippen LogP contribution is -2.33. The molecule has 0 fully saturated rings. The molecule has 2 nitrogen and oxygen atoms in total. The molecule has 1 aliphatic heterocycles. The van der Waals surface area contributed by atoms with Gasteiger partial charge in [0.05, 0.1) is 12.1 Å². The molecule has 0 saturated heterocycles. The summed E-state index contributed by atoms with van der Waals surface area (Å²) in [5.74, 6) is -0.435. The monoisotopic (exact) mass is 291 g/mol. The molecule has 104 valence electrons. The molecule has 0 saturated carbocycles. The van der Waals surface area contributed by atoms with Crippen molar-refractivity contribution in [3.63, 3.8) is 0 Å². The molecule has 0 bridgehead atoms. The highest BCUT2D eigenvalue weighted by Crippen LogP contribution is 2.34. The van der Waals surface area contributed by atoms with Crippen LogP contribution in [-0.2, 0) is 6.42 Å². The van der Waals surface area contributed by atoms with Gasteiger partial charge in [0.2, 0.25) is 0 Å². The summed E-state index contributed by atoms with van der Waals surface area (Å²) in [5, 5.41) is 14.1. The smallest absolute Gasteiger partial charge is 0.125 e. The Hall–Kier alpha value is -1.42. The molecule has 1 aliphatic rings. The number of halogens is 2. The molecule has 1 heterocycles. The van der Waals surface area contributed by atoms with Gasteiger partial charge in [-0.25, -0.2) is 4.39 Å². The quantitative estimate of drug-likeness (QED) is 0.889. The van der Waals surface area contributed by atoms with Crippen molar-refractivity contribution in [2.24, 2.45) is 0 Å². The first-order valence-corrected chi connectivity index (χ1v) is 6.98. The Balaban J connectivity index is 1.97. The van der Waals surface area contributed by atoms with Crippen molar-refractivity contribution < 1.29 is 9.50 Å². The van der Waals surface area contributed by atoms with Crippen LogP contribution in [0.3, 0.4) is 0 Å². The standard InChI is InChI=1S/C16H15ClFNO/c17-12-7-11(8-13(18)9-12)16(20)15-14-4-2-1-3-10(14)5-6-19-15/h1-4,7-9,15-16,19-20H,5-6H2. The minimum absolute atomic E-state index is 0.238. The van der Waals surface area contributed by atoms with Crippen LogP contribution in [0, 0.1) is 5.82 Å². The first-order chi connectivity index (χ1) is 9.65. The van der Waals surface area contributed by atoms with Gasteiger partial charge in [0.25, 0.3) is 0 Å². The Kier molecular flexibility index (Phi) is 3.74. The van der Waals surface area contributed by atoms with Crippen LogP contribution in [0.1, 0.15) is 28.8 Å². The second-order valence-corrected chi connectivity index (χ2v) is 5.46. The fraction of sp³-hybridized carbons (Fsp3) is 0.250. The van der Waals surface area contributed by atoms with Gasteiger partial charge in [-0.3, -0.25) is 0 Å². The second kappa shape index (κ2) is 5.52. The minimum atomic E-state index is -0.829. The molecular formula is C16H15ClFNO. The van der Waals surface area contributed by atoms with Gasteiger partial charge < -0.3 is 10.4 Å². The number of aliphatic hydroxyl groups is 1. The summed E-state index contributed by atoms with van der Waals surface area (Å²) in [4.78, 5) is 0. The summed E-state index contributed by atoms with van der Waals surface area (Å²) >= 11 is 5.86. The summed E-state index contributed by atoms with van der Waals surface area (Å²) in [5.41, 5.74) is 2.77. The molecule has 0 radical (unpaired) electrons. The van der Waals surface area contributed by atoms with Crippen LogP contribution in [0.25, 0.3) is 0 Å². The maximum absolute atomic E-state index is 13.4. The molecule has 20 heavy (non-hydrogen) atoms. The van der Waals surface area contributed by atoms with Crippen LogP contribution in [-0.4, -0.2) is 11.7 Å². The maximum Gasteiger partial charge on any atom is 0.125 e. The molecule has 2 aromatic carbocycles. The van der Waals surface area contributed by atoms with Gasteiger partial charge in [-0.15, -0.1) is 0 Å². The Morgan fingerprint density at radius 2 is 2.05 bits per heavy atom. The average Bonchev–Trinajstić information content (AvgIpc) is 2.45. The van der Waals surface area contributed by atoms with E-state index in [0.29, 0.717) is 10.6 Å². The van der Waals surface area contributed by atoms with Gasteiger partial charge in [0, 0.05) is 5.02 Å². The van der Waals surface area contributed by atoms with Crippen molar-refractivity contribution in [2.75, 3.05) is 6.54 Å². The first kappa shape index (κ1) is 13.6. The van der Waals surface area contributed by atoms with E-state index in [1.54, 1.807) is 6.07 Å². The van der Waals surface area contributed by atoms with Gasteiger partial charge in [-0.05, 0) is 47.9 Å². The second-order valence-electron chi connectivity index (χ2n) is 5.03. The van der Waals surface area contributed by atoms with E-state index < -0.39 is 11.9 Å². The average molecular weight is 292 g/mol. The van der Waals surface area contributed by atoms with Gasteiger partial charge in [0.15, 0.2) is 0 Å². The molecule has 0 aliphatic carbocycles. The van der Waals surface area contributed by atoms with E-state index in [1.807, 2.05) is 18.2 Å². The van der Waals surface area contributed by atoms with Gasteiger partial charge in [-0.2, -0.15) is 0 Å². The van der Waals surface area contributed by atoms with Crippen LogP contribution in [0.4, 0.5) is 4.39 Å². The summed E-state index contributed by atoms with van der Waals surface area (Å²) in [6.45, 7) is 0.793. The highest BCUT2D eigenvalue weighted by atomic mass is 35.5. The van der Waals surface area contributed by atoms with E-state index in [9.17, 15) is 9.50 Å². The van der Waals surface area contributed by atoms with Crippen molar-refractivity contribution in [3.05, 3.63) is 70.0 Å². The van der Waals surface area contributed by atoms with Gasteiger partial charge in [-0.1, -0.05) is 35.9 Å². The Morgan fingerprint density at radius 1 is 1.25 bits per heavy atom. The number of nitrogens with one attached hydrogen (secondary N) is 1. The molecule has 2 unspecified atom stereocenters. The van der Waals surface area contributed by atoms with Crippen LogP contribution in [0.5, 0.6) is 0 Å². The van der Waals surface area contributed by atoms with Crippen LogP contribution in [0.2, 0.25) is 5.02 Å². The zero-order valence-corrected chi connectivity index (χ0v) is 11.6. The fourth-order valence-corrected chi connectivity index (χ4v) is 2.99. The number of benzene rings is 2. The maximum atomic E-state index is 13.4. The molecule has 0 amide bonds. The van der Waals surface area contributed by atoms with Crippen molar-refractivity contribution >= 4 is 11.6 Å². The van der Waals surface area contributed by atoms with E-state index >= 15 is 0 Å². The number of rotatable bonds is 2. The molecule has 4 heteroatoms. The highest BCUT2D eigenvalue weighted by molar-refractivity contribution is 6.30. The van der Waals surface area contributed by atoms with Crippen LogP contribution in [0.15, 0.2) is 42.5 Å². The molecule has 0 spiro atoms. The predicted molar refractivity (Wildman–Crippen MR) is 77.3 cm³/mol. The third-order valence-electron chi connectivity index (χ3n) is 3.69. The molecule has 2 atom stereocenters. The summed E-state index contributed by atoms with van der Waals surface area (Å²) in [6.07, 6.45) is 0.105. The highest BCUT2D eigenvalue weighted by Gasteiger charge is 2.27. The summed E-state index contributed by atoms with van der Waals surface area (Å²) in [7, 11) is 0. The molecule has 2 aromatic rings. The van der Waals surface area contributed by atoms with E-state index in [-0.39, 0.29) is 6.04 Å². The fourth-order valence-electron chi connectivity index (χ4n) is 2.76. The van der Waals surface area contributed by atoms with E-state index in [4.69, 9.17) is 11.6 Å². The lowest BCUT2D eigenvalue weighted by atomic mass is 9.88. The summed E-state index contributed by atoms with van der Waals surface area (Å²) < 4.78 is 13.4. The third kappa shape index (κ3) is 2.57. The normalized spacial score (nSPS) is 19.4. The number of fused-ring (bicyclic) bond motifs is 1. The third-order valence-corrected chi connectivity index (χ3v) is 3.91. The zero-order valence-electron chi connectivity index (χ0n) is 10.8. The van der Waals surface area contributed by atoms with E-state index in [0.717, 1.165) is 18.5 Å². The Morgan fingerprint density at radius 3 is 2.85 bits per heavy atom. The zero-order chi connectivity index (χ0) is 14.1. The first-order valence-electron chi connectivity index (χ1n) is 6.60. The Bertz CT molecular complexity index is 611. The molecule has 2 N–H and O–H groups in total. The SMILES string of the molecule is OC(c1cc(F)cc(Cl)c1)C1NCCc2ccccc21. The lowest BCUT2D eigenvalue weighted by Gasteiger charge is -2.31. The van der Waals surface area contributed by atoms with Crippen molar-refractivity contribution in [2.45, 2.75) is 18.6 Å². The largest absolute Gasteiger partial charge is 0.386 e. The van der Waals surface area contributed by atoms with Crippen molar-refractivity contribution in [3.8, 4) is 0 Å². The molecule has 3 rings (SSSR count). The van der Waals surface area contributed by atoms with Crippen LogP contribution >= 0.6 is 11.6 Å². The number of hydrogen-bond donors (Lipinski definition) is 2. The van der Waals surface area contributed by atoms with Gasteiger partial charge in [0.1, 0.15) is 5.82 Å². The molecule has 0 aromatic heterocycles.